The van der Waals surface area contributed by atoms with E-state index in [1.807, 2.05) is 222 Å². The van der Waals surface area contributed by atoms with E-state index in [9.17, 15) is 28.8 Å². The lowest BCUT2D eigenvalue weighted by Crippen LogP contribution is -2.41. The number of aromatic nitrogens is 12. The average molecular weight is 1440 g/mol. The van der Waals surface area contributed by atoms with Crippen LogP contribution in [0.1, 0.15) is 191 Å². The van der Waals surface area contributed by atoms with Gasteiger partial charge < -0.3 is 46.1 Å². The number of carbonyl (C=O) groups excluding carboxylic acids is 6. The quantitative estimate of drug-likeness (QED) is 0.0435. The Balaban J connectivity index is 0.000000220. The maximum atomic E-state index is 12.2. The minimum atomic E-state index is -0.479. The van der Waals surface area contributed by atoms with Gasteiger partial charge >= 0.3 is 18.3 Å². The van der Waals surface area contributed by atoms with Gasteiger partial charge in [-0.3, -0.25) is 14.4 Å². The standard InChI is InChI=1S/C26H32N6O3.C26H38N6O3.C26H32N6O3/c1-25(2,3)23(33)27-20-13-11-17(12-14-20)22-31-29-21(30-32-22)15-18-9-7-8-10-19(18)16-35-24(34)28-26(4,5)6;2*1-25(2,3)23(33)27-19-13-11-18(12-14-19)21-29-31-22(32-30-21)20-10-8-7-9-17(20)15-16-35-24(34)28-26(4,5)6/h7-14H,15-16H2,1-6H3,(H,27,33)(H,28,34);11-14,17,20H,7-10,15-16H2,1-6H3,(H,27,33)(H,28,34);7-14H,15-16H2,1-6H3,(H,27,33)(H,28,34). The Labute approximate surface area is 615 Å². The number of rotatable bonds is 18. The molecule has 9 rings (SSSR count). The zero-order chi connectivity index (χ0) is 76.9. The summed E-state index contributed by atoms with van der Waals surface area (Å²) < 4.78 is 16.0. The van der Waals surface area contributed by atoms with Gasteiger partial charge in [-0.1, -0.05) is 124 Å². The molecule has 8 aromatic rings. The van der Waals surface area contributed by atoms with Crippen LogP contribution in [0.4, 0.5) is 31.4 Å². The number of benzene rings is 5. The van der Waals surface area contributed by atoms with Crippen molar-refractivity contribution < 1.29 is 43.0 Å². The molecule has 5 aromatic carbocycles. The third-order valence-electron chi connectivity index (χ3n) is 15.8. The molecule has 6 amide bonds. The number of hydrogen-bond acceptors (Lipinski definition) is 21. The fraction of sp³-hybridized carbons (Fsp3) is 0.462. The van der Waals surface area contributed by atoms with Crippen LogP contribution in [0.5, 0.6) is 0 Å². The predicted octanol–water partition coefficient (Wildman–Crippen LogP) is 14.3. The van der Waals surface area contributed by atoms with Crippen LogP contribution in [-0.2, 0) is 48.0 Å². The highest BCUT2D eigenvalue weighted by Crippen LogP contribution is 2.38. The highest BCUT2D eigenvalue weighted by molar-refractivity contribution is 5.96. The second kappa shape index (κ2) is 36.0. The van der Waals surface area contributed by atoms with Crippen molar-refractivity contribution in [3.8, 4) is 45.6 Å². The summed E-state index contributed by atoms with van der Waals surface area (Å²) >= 11 is 0. The number of amides is 6. The molecule has 2 atom stereocenters. The van der Waals surface area contributed by atoms with Crippen LogP contribution in [0.25, 0.3) is 45.6 Å². The summed E-state index contributed by atoms with van der Waals surface area (Å²) in [7, 11) is 0. The first-order chi connectivity index (χ1) is 49.2. The lowest BCUT2D eigenvalue weighted by atomic mass is 9.77. The number of nitrogens with one attached hydrogen (secondary N) is 6. The largest absolute Gasteiger partial charge is 0.450 e. The van der Waals surface area contributed by atoms with Crippen molar-refractivity contribution >= 4 is 53.1 Å². The molecular weight excluding hydrogens is 1330 g/mol. The van der Waals surface area contributed by atoms with E-state index in [4.69, 9.17) is 14.2 Å². The van der Waals surface area contributed by atoms with Gasteiger partial charge in [0.2, 0.25) is 41.0 Å². The molecule has 558 valence electrons. The van der Waals surface area contributed by atoms with Crippen LogP contribution in [0.2, 0.25) is 0 Å². The van der Waals surface area contributed by atoms with Gasteiger partial charge in [0.05, 0.1) is 13.2 Å². The van der Waals surface area contributed by atoms with Crippen LogP contribution >= 0.6 is 0 Å². The van der Waals surface area contributed by atoms with Crippen LogP contribution < -0.4 is 31.9 Å². The molecule has 1 saturated carbocycles. The Morgan fingerprint density at radius 2 is 0.733 bits per heavy atom. The van der Waals surface area contributed by atoms with E-state index in [1.54, 1.807) is 24.3 Å². The first kappa shape index (κ1) is 81.4. The zero-order valence-electron chi connectivity index (χ0n) is 63.8. The molecule has 0 aliphatic heterocycles. The topological polar surface area (TPSA) is 357 Å². The third-order valence-corrected chi connectivity index (χ3v) is 15.8. The van der Waals surface area contributed by atoms with Crippen molar-refractivity contribution in [2.24, 2.45) is 22.2 Å². The maximum Gasteiger partial charge on any atom is 0.407 e. The van der Waals surface area contributed by atoms with Crippen molar-refractivity contribution in [2.75, 3.05) is 29.2 Å². The molecule has 1 aliphatic rings. The molecule has 1 fully saturated rings. The Morgan fingerprint density at radius 3 is 1.15 bits per heavy atom. The molecule has 1 aliphatic carbocycles. The van der Waals surface area contributed by atoms with Gasteiger partial charge in [-0.05, 0) is 177 Å². The summed E-state index contributed by atoms with van der Waals surface area (Å²) in [6, 6.07) is 37.0. The second-order valence-electron chi connectivity index (χ2n) is 31.9. The first-order valence-corrected chi connectivity index (χ1v) is 35.2. The maximum absolute atomic E-state index is 12.2. The SMILES string of the molecule is CC(C)(C)NC(=O)OCCC1CCCCC1c1nnc(-c2ccc(NC(=O)C(C)(C)C)cc2)nn1.CC(C)(C)NC(=O)OCCc1ccccc1-c1nnc(-c2ccc(NC(=O)C(C)(C)C)cc2)nn1.CC(C)(C)NC(=O)OCc1ccccc1Cc1nnc(-c2ccc(NC(=O)C(C)(C)C)cc2)nn1. The number of nitrogens with zero attached hydrogens (tertiary/aromatic N) is 12. The molecule has 27 heteroatoms. The van der Waals surface area contributed by atoms with Gasteiger partial charge in [0.15, 0.2) is 11.6 Å². The van der Waals surface area contributed by atoms with Crippen molar-refractivity contribution in [1.82, 2.24) is 77.1 Å². The molecule has 0 spiro atoms. The van der Waals surface area contributed by atoms with Crippen LogP contribution in [-0.4, -0.2) is 127 Å². The van der Waals surface area contributed by atoms with Crippen molar-refractivity contribution in [3.63, 3.8) is 0 Å². The monoisotopic (exact) mass is 1430 g/mol. The molecule has 2 unspecified atom stereocenters. The van der Waals surface area contributed by atoms with Crippen LogP contribution in [0.15, 0.2) is 121 Å². The Bertz CT molecular complexity index is 4180. The summed E-state index contributed by atoms with van der Waals surface area (Å²) in [6.07, 6.45) is 4.62. The summed E-state index contributed by atoms with van der Waals surface area (Å²) in [4.78, 5) is 72.3. The number of anilines is 3. The lowest BCUT2D eigenvalue weighted by Gasteiger charge is -2.30. The normalized spacial score (nSPS) is 13.9. The smallest absolute Gasteiger partial charge is 0.407 e. The van der Waals surface area contributed by atoms with Gasteiger partial charge in [-0.2, -0.15) is 0 Å². The average Bonchev–Trinajstić information content (AvgIpc) is 0.811. The van der Waals surface area contributed by atoms with E-state index in [0.717, 1.165) is 76.7 Å². The van der Waals surface area contributed by atoms with Gasteiger partial charge in [-0.25, -0.2) is 14.4 Å². The minimum Gasteiger partial charge on any atom is -0.450 e. The van der Waals surface area contributed by atoms with E-state index < -0.39 is 34.5 Å². The van der Waals surface area contributed by atoms with Gasteiger partial charge in [-0.15, -0.1) is 61.2 Å². The highest BCUT2D eigenvalue weighted by atomic mass is 16.6. The zero-order valence-corrected chi connectivity index (χ0v) is 63.8. The van der Waals surface area contributed by atoms with E-state index in [2.05, 4.69) is 93.1 Å². The Morgan fingerprint density at radius 1 is 0.381 bits per heavy atom. The fourth-order valence-electron chi connectivity index (χ4n) is 10.1. The lowest BCUT2D eigenvalue weighted by molar-refractivity contribution is -0.123. The number of ether oxygens (including phenoxy) is 3. The molecule has 27 nitrogen and oxygen atoms in total. The van der Waals surface area contributed by atoms with Crippen LogP contribution in [0, 0.1) is 22.2 Å². The summed E-state index contributed by atoms with van der Waals surface area (Å²) in [5, 5.41) is 68.4. The summed E-state index contributed by atoms with van der Waals surface area (Å²) in [6.45, 7) is 34.6. The third kappa shape index (κ3) is 27.4. The van der Waals surface area contributed by atoms with Crippen LogP contribution in [0.3, 0.4) is 0 Å². The molecule has 0 saturated heterocycles. The Kier molecular flexibility index (Phi) is 27.9. The summed E-state index contributed by atoms with van der Waals surface area (Å²) in [5.41, 5.74) is 5.37. The molecule has 3 heterocycles. The molecule has 105 heavy (non-hydrogen) atoms. The van der Waals surface area contributed by atoms with Crippen molar-refractivity contribution in [1.29, 1.82) is 0 Å². The number of alkyl carbamates (subject to hydrolysis) is 3. The van der Waals surface area contributed by atoms with Crippen molar-refractivity contribution in [2.45, 2.75) is 199 Å². The Hall–Kier alpha value is -10.9. The molecule has 3 aromatic heterocycles. The summed E-state index contributed by atoms with van der Waals surface area (Å²) in [5.74, 6) is 3.00. The minimum absolute atomic E-state index is 0.0450. The van der Waals surface area contributed by atoms with E-state index in [-0.39, 0.29) is 53.5 Å². The van der Waals surface area contributed by atoms with E-state index in [1.165, 1.54) is 0 Å². The van der Waals surface area contributed by atoms with Gasteiger partial charge in [0.1, 0.15) is 6.61 Å². The number of carbonyl (C=O) groups is 6. The highest BCUT2D eigenvalue weighted by Gasteiger charge is 2.31. The van der Waals surface area contributed by atoms with E-state index >= 15 is 0 Å². The first-order valence-electron chi connectivity index (χ1n) is 35.2. The molecule has 0 radical (unpaired) electrons. The fourth-order valence-corrected chi connectivity index (χ4v) is 10.1. The van der Waals surface area contributed by atoms with Gasteiger partial charge in [0, 0.05) is 90.9 Å². The molecular formula is C78H102N18O9. The predicted molar refractivity (Wildman–Crippen MR) is 403 cm³/mol. The molecule has 0 bridgehead atoms. The number of hydrogen-bond donors (Lipinski definition) is 6. The second-order valence-corrected chi connectivity index (χ2v) is 31.9. The van der Waals surface area contributed by atoms with Gasteiger partial charge in [0.25, 0.3) is 0 Å². The molecule has 6 N–H and O–H groups in total. The van der Waals surface area contributed by atoms with E-state index in [0.29, 0.717) is 71.7 Å². The van der Waals surface area contributed by atoms with Crippen molar-refractivity contribution in [3.05, 3.63) is 150 Å².